The number of aromatic hydroxyl groups is 1. The Hall–Kier alpha value is -0.780. The van der Waals surface area contributed by atoms with Crippen molar-refractivity contribution in [3.05, 3.63) is 26.8 Å². The standard InChI is InChI=1S/C8H7IO3/c1-4-2-5(8(11)12)3-6(9)7(4)10/h2-3,10H,1H3,(H,11,12). The monoisotopic (exact) mass is 278 g/mol. The fourth-order valence-electron chi connectivity index (χ4n) is 0.860. The Kier molecular flexibility index (Phi) is 2.56. The van der Waals surface area contributed by atoms with Crippen LogP contribution in [0.2, 0.25) is 0 Å². The van der Waals surface area contributed by atoms with Crippen LogP contribution in [0.5, 0.6) is 5.75 Å². The maximum atomic E-state index is 10.5. The predicted octanol–water partition coefficient (Wildman–Crippen LogP) is 2.00. The third kappa shape index (κ3) is 1.69. The molecular formula is C8H7IO3. The molecule has 0 saturated carbocycles. The second-order valence-corrected chi connectivity index (χ2v) is 3.59. The molecular weight excluding hydrogens is 271 g/mol. The van der Waals surface area contributed by atoms with Gasteiger partial charge in [0.2, 0.25) is 0 Å². The van der Waals surface area contributed by atoms with E-state index in [9.17, 15) is 9.90 Å². The largest absolute Gasteiger partial charge is 0.507 e. The minimum absolute atomic E-state index is 0.153. The summed E-state index contributed by atoms with van der Waals surface area (Å²) in [5.74, 6) is -0.823. The van der Waals surface area contributed by atoms with Crippen molar-refractivity contribution >= 4 is 28.6 Å². The number of rotatable bonds is 1. The summed E-state index contributed by atoms with van der Waals surface area (Å²) in [6.45, 7) is 1.67. The molecule has 0 spiro atoms. The van der Waals surface area contributed by atoms with Gasteiger partial charge in [-0.2, -0.15) is 0 Å². The maximum absolute atomic E-state index is 10.5. The first-order valence-electron chi connectivity index (χ1n) is 3.25. The van der Waals surface area contributed by atoms with Crippen molar-refractivity contribution in [2.75, 3.05) is 0 Å². The summed E-state index contributed by atoms with van der Waals surface area (Å²) in [5, 5.41) is 18.0. The maximum Gasteiger partial charge on any atom is 0.335 e. The second-order valence-electron chi connectivity index (χ2n) is 2.43. The van der Waals surface area contributed by atoms with Gasteiger partial charge in [-0.15, -0.1) is 0 Å². The number of hydrogen-bond acceptors (Lipinski definition) is 2. The summed E-state index contributed by atoms with van der Waals surface area (Å²) in [6.07, 6.45) is 0. The Balaban J connectivity index is 3.31. The van der Waals surface area contributed by atoms with E-state index in [0.29, 0.717) is 9.13 Å². The van der Waals surface area contributed by atoms with Gasteiger partial charge < -0.3 is 10.2 Å². The molecule has 2 N–H and O–H groups in total. The highest BCUT2D eigenvalue weighted by molar-refractivity contribution is 14.1. The molecule has 12 heavy (non-hydrogen) atoms. The molecule has 4 heteroatoms. The zero-order valence-corrected chi connectivity index (χ0v) is 8.49. The molecule has 0 heterocycles. The molecule has 3 nitrogen and oxygen atoms in total. The average molecular weight is 278 g/mol. The Morgan fingerprint density at radius 1 is 1.50 bits per heavy atom. The minimum Gasteiger partial charge on any atom is -0.507 e. The third-order valence-electron chi connectivity index (χ3n) is 1.50. The molecule has 1 rings (SSSR count). The summed E-state index contributed by atoms with van der Waals surface area (Å²) < 4.78 is 0.560. The van der Waals surface area contributed by atoms with Crippen LogP contribution in [-0.4, -0.2) is 16.2 Å². The third-order valence-corrected chi connectivity index (χ3v) is 2.32. The van der Waals surface area contributed by atoms with E-state index in [-0.39, 0.29) is 11.3 Å². The summed E-state index contributed by atoms with van der Waals surface area (Å²) in [6, 6.07) is 2.88. The molecule has 0 aliphatic carbocycles. The van der Waals surface area contributed by atoms with Gasteiger partial charge in [-0.05, 0) is 47.2 Å². The lowest BCUT2D eigenvalue weighted by atomic mass is 10.1. The van der Waals surface area contributed by atoms with Gasteiger partial charge in [-0.3, -0.25) is 0 Å². The fourth-order valence-corrected chi connectivity index (χ4v) is 1.62. The first-order chi connectivity index (χ1) is 5.52. The quantitative estimate of drug-likeness (QED) is 0.772. The Morgan fingerprint density at radius 2 is 2.08 bits per heavy atom. The second kappa shape index (κ2) is 3.30. The lowest BCUT2D eigenvalue weighted by Gasteiger charge is -2.02. The van der Waals surface area contributed by atoms with E-state index < -0.39 is 5.97 Å². The summed E-state index contributed by atoms with van der Waals surface area (Å²) in [4.78, 5) is 10.5. The van der Waals surface area contributed by atoms with Gasteiger partial charge in [-0.25, -0.2) is 4.79 Å². The molecule has 0 bridgehead atoms. The van der Waals surface area contributed by atoms with Crippen LogP contribution in [-0.2, 0) is 0 Å². The van der Waals surface area contributed by atoms with Gasteiger partial charge in [-0.1, -0.05) is 0 Å². The SMILES string of the molecule is Cc1cc(C(=O)O)cc(I)c1O. The van der Waals surface area contributed by atoms with E-state index in [4.69, 9.17) is 5.11 Å². The zero-order chi connectivity index (χ0) is 9.30. The van der Waals surface area contributed by atoms with Crippen LogP contribution in [0, 0.1) is 10.5 Å². The van der Waals surface area contributed by atoms with E-state index in [0.717, 1.165) is 0 Å². The van der Waals surface area contributed by atoms with Crippen LogP contribution >= 0.6 is 22.6 Å². The minimum atomic E-state index is -0.976. The van der Waals surface area contributed by atoms with E-state index in [2.05, 4.69) is 0 Å². The van der Waals surface area contributed by atoms with Crippen LogP contribution < -0.4 is 0 Å². The van der Waals surface area contributed by atoms with E-state index in [1.807, 2.05) is 22.6 Å². The predicted molar refractivity (Wildman–Crippen MR) is 52.5 cm³/mol. The number of benzene rings is 1. The molecule has 0 aliphatic rings. The Labute approximate surface area is 83.2 Å². The summed E-state index contributed by atoms with van der Waals surface area (Å²) in [7, 11) is 0. The van der Waals surface area contributed by atoms with E-state index in [1.54, 1.807) is 6.92 Å². The van der Waals surface area contributed by atoms with Crippen molar-refractivity contribution in [2.24, 2.45) is 0 Å². The smallest absolute Gasteiger partial charge is 0.335 e. The fraction of sp³-hybridized carbons (Fsp3) is 0.125. The van der Waals surface area contributed by atoms with Gasteiger partial charge in [0.15, 0.2) is 0 Å². The first kappa shape index (κ1) is 9.31. The van der Waals surface area contributed by atoms with Gasteiger partial charge in [0.25, 0.3) is 0 Å². The van der Waals surface area contributed by atoms with Gasteiger partial charge in [0, 0.05) is 0 Å². The van der Waals surface area contributed by atoms with E-state index >= 15 is 0 Å². The molecule has 0 saturated heterocycles. The van der Waals surface area contributed by atoms with Crippen molar-refractivity contribution in [3.63, 3.8) is 0 Å². The van der Waals surface area contributed by atoms with Gasteiger partial charge in [0.05, 0.1) is 9.13 Å². The molecule has 64 valence electrons. The molecule has 0 radical (unpaired) electrons. The number of aryl methyl sites for hydroxylation is 1. The highest BCUT2D eigenvalue weighted by Gasteiger charge is 2.08. The van der Waals surface area contributed by atoms with Crippen molar-refractivity contribution in [2.45, 2.75) is 6.92 Å². The molecule has 0 unspecified atom stereocenters. The van der Waals surface area contributed by atoms with Crippen molar-refractivity contribution in [3.8, 4) is 5.75 Å². The number of carboxylic acids is 1. The Bertz CT molecular complexity index is 310. The van der Waals surface area contributed by atoms with Gasteiger partial charge >= 0.3 is 5.97 Å². The lowest BCUT2D eigenvalue weighted by Crippen LogP contribution is -1.97. The van der Waals surface area contributed by atoms with E-state index in [1.165, 1.54) is 12.1 Å². The zero-order valence-electron chi connectivity index (χ0n) is 6.34. The topological polar surface area (TPSA) is 57.5 Å². The highest BCUT2D eigenvalue weighted by atomic mass is 127. The average Bonchev–Trinajstić information content (AvgIpc) is 1.99. The van der Waals surface area contributed by atoms with Crippen LogP contribution in [0.3, 0.4) is 0 Å². The Morgan fingerprint density at radius 3 is 2.50 bits per heavy atom. The molecule has 1 aromatic rings. The number of phenolic OH excluding ortho intramolecular Hbond substituents is 1. The first-order valence-corrected chi connectivity index (χ1v) is 4.32. The molecule has 0 aliphatic heterocycles. The molecule has 0 atom stereocenters. The lowest BCUT2D eigenvalue weighted by molar-refractivity contribution is 0.0696. The van der Waals surface area contributed by atoms with Crippen LogP contribution in [0.1, 0.15) is 15.9 Å². The summed E-state index contributed by atoms with van der Waals surface area (Å²) in [5.41, 5.74) is 0.786. The number of phenols is 1. The highest BCUT2D eigenvalue weighted by Crippen LogP contribution is 2.25. The molecule has 0 aromatic heterocycles. The van der Waals surface area contributed by atoms with Crippen molar-refractivity contribution in [1.82, 2.24) is 0 Å². The number of carboxylic acid groups (broad SMARTS) is 1. The number of hydrogen-bond donors (Lipinski definition) is 2. The molecule has 1 aromatic carbocycles. The van der Waals surface area contributed by atoms with Gasteiger partial charge in [0.1, 0.15) is 5.75 Å². The van der Waals surface area contributed by atoms with Crippen LogP contribution in [0.15, 0.2) is 12.1 Å². The molecule has 0 fully saturated rings. The van der Waals surface area contributed by atoms with Crippen LogP contribution in [0.25, 0.3) is 0 Å². The normalized spacial score (nSPS) is 9.83. The summed E-state index contributed by atoms with van der Waals surface area (Å²) >= 11 is 1.90. The molecule has 0 amide bonds. The number of carbonyl (C=O) groups is 1. The van der Waals surface area contributed by atoms with Crippen molar-refractivity contribution < 1.29 is 15.0 Å². The number of halogens is 1. The van der Waals surface area contributed by atoms with Crippen LogP contribution in [0.4, 0.5) is 0 Å². The number of aromatic carboxylic acids is 1. The van der Waals surface area contributed by atoms with Crippen molar-refractivity contribution in [1.29, 1.82) is 0 Å².